The van der Waals surface area contributed by atoms with E-state index in [0.29, 0.717) is 29.3 Å². The molecule has 0 amide bonds. The van der Waals surface area contributed by atoms with Crippen molar-refractivity contribution >= 4 is 12.3 Å². The number of fused-ring (bicyclic) bond motifs is 3. The predicted molar refractivity (Wildman–Crippen MR) is 96.9 cm³/mol. The lowest BCUT2D eigenvalue weighted by Gasteiger charge is -2.63. The van der Waals surface area contributed by atoms with Gasteiger partial charge < -0.3 is 9.53 Å². The average molecular weight is 347 g/mol. The Balaban J connectivity index is 1.60. The van der Waals surface area contributed by atoms with Crippen molar-refractivity contribution in [1.82, 2.24) is 0 Å². The molecule has 7 atom stereocenters. The van der Waals surface area contributed by atoms with E-state index in [4.69, 9.17) is 4.74 Å². The summed E-state index contributed by atoms with van der Waals surface area (Å²) in [6, 6.07) is 0. The maximum Gasteiger partial charge on any atom is 0.302 e. The molecule has 0 aromatic rings. The van der Waals surface area contributed by atoms with Crippen molar-refractivity contribution in [2.24, 2.45) is 39.9 Å². The van der Waals surface area contributed by atoms with Gasteiger partial charge in [0.1, 0.15) is 6.29 Å². The van der Waals surface area contributed by atoms with Crippen molar-refractivity contribution in [3.8, 4) is 0 Å². The number of ether oxygens (including phenoxy) is 1. The summed E-state index contributed by atoms with van der Waals surface area (Å²) in [7, 11) is 0. The van der Waals surface area contributed by atoms with Gasteiger partial charge >= 0.3 is 5.97 Å². The van der Waals surface area contributed by atoms with Gasteiger partial charge in [-0.05, 0) is 85.9 Å². The number of rotatable bonds is 3. The quantitative estimate of drug-likeness (QED) is 0.546. The molecule has 3 nitrogen and oxygen atoms in total. The lowest BCUT2D eigenvalue weighted by atomic mass is 9.41. The first-order valence-electron chi connectivity index (χ1n) is 10.4. The highest BCUT2D eigenvalue weighted by molar-refractivity contribution is 5.65. The van der Waals surface area contributed by atoms with Crippen molar-refractivity contribution in [2.75, 3.05) is 6.61 Å². The molecule has 4 aliphatic rings. The van der Waals surface area contributed by atoms with Crippen LogP contribution in [-0.4, -0.2) is 18.9 Å². The third-order valence-corrected chi connectivity index (χ3v) is 9.09. The summed E-state index contributed by atoms with van der Waals surface area (Å²) in [5.41, 5.74) is 0.675. The summed E-state index contributed by atoms with van der Waals surface area (Å²) >= 11 is 0. The minimum atomic E-state index is -0.139. The molecule has 25 heavy (non-hydrogen) atoms. The molecule has 0 radical (unpaired) electrons. The van der Waals surface area contributed by atoms with Crippen molar-refractivity contribution in [3.63, 3.8) is 0 Å². The molecule has 1 spiro atoms. The first kappa shape index (κ1) is 17.5. The summed E-state index contributed by atoms with van der Waals surface area (Å²) in [5.74, 6) is 2.50. The van der Waals surface area contributed by atoms with Crippen molar-refractivity contribution < 1.29 is 14.3 Å². The second kappa shape index (κ2) is 5.82. The van der Waals surface area contributed by atoms with Crippen molar-refractivity contribution in [2.45, 2.75) is 78.6 Å². The SMILES string of the molecule is CC(=O)OC[C@H]1C[C@@]23CC[C@H]4[C@@](C)(CCC[C@]4(C)C=O)[C@@H]2CC[C@@H]1C3. The molecule has 4 aliphatic carbocycles. The zero-order valence-electron chi connectivity index (χ0n) is 16.2. The van der Waals surface area contributed by atoms with E-state index in [9.17, 15) is 9.59 Å². The molecule has 4 saturated carbocycles. The fourth-order valence-electron chi connectivity index (χ4n) is 8.20. The van der Waals surface area contributed by atoms with Gasteiger partial charge in [0.25, 0.3) is 0 Å². The van der Waals surface area contributed by atoms with Gasteiger partial charge in [0.2, 0.25) is 0 Å². The second-order valence-electron chi connectivity index (χ2n) is 10.3. The lowest BCUT2D eigenvalue weighted by molar-refractivity contribution is -0.157. The van der Waals surface area contributed by atoms with Crippen molar-refractivity contribution in [1.29, 1.82) is 0 Å². The molecule has 2 bridgehead atoms. The Kier molecular flexibility index (Phi) is 4.09. The Labute approximate surface area is 152 Å². The van der Waals surface area contributed by atoms with Gasteiger partial charge in [0.05, 0.1) is 6.61 Å². The number of carbonyl (C=O) groups excluding carboxylic acids is 2. The Bertz CT molecular complexity index is 572. The lowest BCUT2D eigenvalue weighted by Crippen LogP contribution is -2.56. The second-order valence-corrected chi connectivity index (χ2v) is 10.3. The molecule has 0 heterocycles. The molecule has 3 heteroatoms. The standard InChI is InChI=1S/C22H34O3/c1-15(24)25-13-17-12-22-10-7-18-20(2,14-23)8-4-9-21(18,3)19(22)6-5-16(17)11-22/h14,16-19H,4-13H2,1-3H3/t16-,17-,18-,19+,20-,21-,22+/m1/s1. The molecule has 4 fully saturated rings. The largest absolute Gasteiger partial charge is 0.466 e. The normalized spacial score (nSPS) is 51.3. The minimum Gasteiger partial charge on any atom is -0.466 e. The highest BCUT2D eigenvalue weighted by Gasteiger charge is 2.64. The van der Waals surface area contributed by atoms with Crippen LogP contribution in [0.2, 0.25) is 0 Å². The smallest absolute Gasteiger partial charge is 0.302 e. The van der Waals surface area contributed by atoms with Gasteiger partial charge in [-0.3, -0.25) is 4.79 Å². The Hall–Kier alpha value is -0.860. The van der Waals surface area contributed by atoms with E-state index in [1.807, 2.05) is 0 Å². The fraction of sp³-hybridized carbons (Fsp3) is 0.909. The first-order chi connectivity index (χ1) is 11.8. The van der Waals surface area contributed by atoms with Crippen LogP contribution in [0, 0.1) is 39.9 Å². The Morgan fingerprint density at radius 3 is 2.60 bits per heavy atom. The van der Waals surface area contributed by atoms with Crippen LogP contribution in [0.4, 0.5) is 0 Å². The van der Waals surface area contributed by atoms with E-state index >= 15 is 0 Å². The molecular formula is C22H34O3. The van der Waals surface area contributed by atoms with Gasteiger partial charge in [-0.15, -0.1) is 0 Å². The maximum absolute atomic E-state index is 11.9. The highest BCUT2D eigenvalue weighted by Crippen LogP contribution is 2.72. The summed E-state index contributed by atoms with van der Waals surface area (Å²) in [4.78, 5) is 23.2. The van der Waals surface area contributed by atoms with E-state index < -0.39 is 0 Å². The first-order valence-corrected chi connectivity index (χ1v) is 10.4. The molecule has 140 valence electrons. The van der Waals surface area contributed by atoms with Crippen LogP contribution < -0.4 is 0 Å². The number of hydrogen-bond acceptors (Lipinski definition) is 3. The van der Waals surface area contributed by atoms with Crippen LogP contribution in [0.15, 0.2) is 0 Å². The summed E-state index contributed by atoms with van der Waals surface area (Å²) in [6.07, 6.45) is 12.6. The van der Waals surface area contributed by atoms with Crippen LogP contribution in [0.3, 0.4) is 0 Å². The van der Waals surface area contributed by atoms with Gasteiger partial charge in [-0.25, -0.2) is 0 Å². The van der Waals surface area contributed by atoms with Crippen molar-refractivity contribution in [3.05, 3.63) is 0 Å². The number of esters is 1. The zero-order valence-corrected chi connectivity index (χ0v) is 16.2. The van der Waals surface area contributed by atoms with Crippen LogP contribution >= 0.6 is 0 Å². The van der Waals surface area contributed by atoms with Crippen LogP contribution in [-0.2, 0) is 14.3 Å². The number of hydrogen-bond donors (Lipinski definition) is 0. The minimum absolute atomic E-state index is 0.110. The molecule has 0 aliphatic heterocycles. The highest BCUT2D eigenvalue weighted by atomic mass is 16.5. The van der Waals surface area contributed by atoms with E-state index in [-0.39, 0.29) is 11.4 Å². The van der Waals surface area contributed by atoms with E-state index in [1.54, 1.807) is 0 Å². The van der Waals surface area contributed by atoms with E-state index in [0.717, 1.165) is 18.3 Å². The van der Waals surface area contributed by atoms with Crippen LogP contribution in [0.25, 0.3) is 0 Å². The fourth-order valence-corrected chi connectivity index (χ4v) is 8.20. The van der Waals surface area contributed by atoms with Gasteiger partial charge in [0, 0.05) is 12.3 Å². The van der Waals surface area contributed by atoms with Crippen LogP contribution in [0.1, 0.15) is 78.6 Å². The summed E-state index contributed by atoms with van der Waals surface area (Å²) in [5, 5.41) is 0. The molecule has 4 rings (SSSR count). The number of aldehydes is 1. The van der Waals surface area contributed by atoms with Gasteiger partial charge in [-0.2, -0.15) is 0 Å². The molecular weight excluding hydrogens is 312 g/mol. The summed E-state index contributed by atoms with van der Waals surface area (Å²) in [6.45, 7) is 6.89. The zero-order chi connectivity index (χ0) is 17.9. The Morgan fingerprint density at radius 2 is 1.88 bits per heavy atom. The van der Waals surface area contributed by atoms with Gasteiger partial charge in [-0.1, -0.05) is 20.3 Å². The number of carbonyl (C=O) groups is 2. The maximum atomic E-state index is 11.9. The predicted octanol–water partition coefficient (Wildman–Crippen LogP) is 4.78. The molecule has 0 aromatic heterocycles. The molecule has 0 N–H and O–H groups in total. The third kappa shape index (κ3) is 2.51. The third-order valence-electron chi connectivity index (χ3n) is 9.09. The molecule has 0 unspecified atom stereocenters. The van der Waals surface area contributed by atoms with E-state index in [2.05, 4.69) is 13.8 Å². The molecule has 0 aromatic carbocycles. The van der Waals surface area contributed by atoms with Crippen LogP contribution in [0.5, 0.6) is 0 Å². The van der Waals surface area contributed by atoms with Gasteiger partial charge in [0.15, 0.2) is 0 Å². The average Bonchev–Trinajstić information content (AvgIpc) is 2.83. The molecule has 0 saturated heterocycles. The monoisotopic (exact) mass is 346 g/mol. The van der Waals surface area contributed by atoms with E-state index in [1.165, 1.54) is 64.6 Å². The summed E-state index contributed by atoms with van der Waals surface area (Å²) < 4.78 is 5.41. The topological polar surface area (TPSA) is 43.4 Å². The Morgan fingerprint density at radius 1 is 1.08 bits per heavy atom.